The van der Waals surface area contributed by atoms with E-state index in [0.29, 0.717) is 0 Å². The minimum atomic E-state index is 0.738. The average Bonchev–Trinajstić information content (AvgIpc) is 2.05. The Bertz CT molecular complexity index is 87.8. The van der Waals surface area contributed by atoms with E-state index in [1.807, 2.05) is 0 Å². The largest absolute Gasteiger partial charge is 0.311 e. The highest BCUT2D eigenvalue weighted by atomic mass is 15.1. The van der Waals surface area contributed by atoms with E-state index in [9.17, 15) is 0 Å². The van der Waals surface area contributed by atoms with Crippen molar-refractivity contribution in [1.29, 1.82) is 0 Å². The van der Waals surface area contributed by atoms with Gasteiger partial charge in [-0.05, 0) is 12.8 Å². The van der Waals surface area contributed by atoms with Crippen LogP contribution in [-0.2, 0) is 0 Å². The average molecular weight is 139 g/mol. The molecule has 1 saturated carbocycles. The van der Waals surface area contributed by atoms with Gasteiger partial charge >= 0.3 is 0 Å². The van der Waals surface area contributed by atoms with Crippen LogP contribution < -0.4 is 10.6 Å². The molecule has 1 aliphatic carbocycles. The van der Waals surface area contributed by atoms with Crippen LogP contribution in [0.25, 0.3) is 0 Å². The van der Waals surface area contributed by atoms with Crippen molar-refractivity contribution in [2.45, 2.75) is 37.8 Å². The maximum Gasteiger partial charge on any atom is 0.0362 e. The van der Waals surface area contributed by atoms with Gasteiger partial charge in [0.25, 0.3) is 0 Å². The smallest absolute Gasteiger partial charge is 0.0362 e. The lowest BCUT2D eigenvalue weighted by Crippen LogP contribution is -2.54. The highest BCUT2D eigenvalue weighted by molar-refractivity contribution is 4.93. The van der Waals surface area contributed by atoms with Crippen molar-refractivity contribution < 1.29 is 0 Å². The summed E-state index contributed by atoms with van der Waals surface area (Å²) in [5.74, 6) is 0. The molecule has 2 heteroatoms. The van der Waals surface area contributed by atoms with E-state index >= 15 is 0 Å². The minimum absolute atomic E-state index is 0.738. The highest BCUT2D eigenvalue weighted by Gasteiger charge is 2.26. The van der Waals surface area contributed by atoms with Crippen LogP contribution in [-0.4, -0.2) is 18.6 Å². The van der Waals surface area contributed by atoms with Crippen LogP contribution in [0, 0.1) is 6.54 Å². The second-order valence-corrected chi connectivity index (χ2v) is 3.28. The summed E-state index contributed by atoms with van der Waals surface area (Å²) >= 11 is 0. The van der Waals surface area contributed by atoms with E-state index in [1.165, 1.54) is 25.7 Å². The lowest BCUT2D eigenvalue weighted by atomic mass is 9.89. The lowest BCUT2D eigenvalue weighted by molar-refractivity contribution is 0.271. The summed E-state index contributed by atoms with van der Waals surface area (Å²) in [6.45, 7) is 3.19. The van der Waals surface area contributed by atoms with Crippen molar-refractivity contribution in [1.82, 2.24) is 10.6 Å². The first kappa shape index (κ1) is 6.62. The summed E-state index contributed by atoms with van der Waals surface area (Å²) in [7, 11) is 0. The van der Waals surface area contributed by atoms with E-state index < -0.39 is 0 Å². The second-order valence-electron chi connectivity index (χ2n) is 3.28. The molecular weight excluding hydrogens is 124 g/mol. The maximum absolute atomic E-state index is 3.50. The number of rotatable bonds is 0. The molecule has 0 amide bonds. The van der Waals surface area contributed by atoms with Crippen molar-refractivity contribution in [3.05, 3.63) is 6.54 Å². The quantitative estimate of drug-likeness (QED) is 0.515. The van der Waals surface area contributed by atoms with E-state index in [1.54, 1.807) is 0 Å². The van der Waals surface area contributed by atoms with Gasteiger partial charge in [0.1, 0.15) is 0 Å². The van der Waals surface area contributed by atoms with Gasteiger partial charge in [0, 0.05) is 25.2 Å². The first-order valence-corrected chi connectivity index (χ1v) is 4.28. The molecule has 2 unspecified atom stereocenters. The Balaban J connectivity index is 1.93. The number of fused-ring (bicyclic) bond motifs is 1. The monoisotopic (exact) mass is 139 g/mol. The lowest BCUT2D eigenvalue weighted by Gasteiger charge is -2.36. The molecule has 10 heavy (non-hydrogen) atoms. The zero-order valence-electron chi connectivity index (χ0n) is 6.27. The zero-order chi connectivity index (χ0) is 6.81. The molecular formula is C8H15N2. The maximum atomic E-state index is 3.50. The van der Waals surface area contributed by atoms with Crippen molar-refractivity contribution in [3.8, 4) is 0 Å². The molecule has 2 N–H and O–H groups in total. The predicted octanol–water partition coefficient (Wildman–Crippen LogP) is 0.652. The van der Waals surface area contributed by atoms with Gasteiger partial charge in [-0.1, -0.05) is 12.8 Å². The van der Waals surface area contributed by atoms with Crippen LogP contribution in [0.3, 0.4) is 0 Å². The Morgan fingerprint density at radius 1 is 1.10 bits per heavy atom. The molecule has 1 saturated heterocycles. The summed E-state index contributed by atoms with van der Waals surface area (Å²) < 4.78 is 0. The van der Waals surface area contributed by atoms with Crippen LogP contribution in [0.2, 0.25) is 0 Å². The Hall–Kier alpha value is -0.0800. The predicted molar refractivity (Wildman–Crippen MR) is 41.5 cm³/mol. The summed E-state index contributed by atoms with van der Waals surface area (Å²) in [5.41, 5.74) is 0. The summed E-state index contributed by atoms with van der Waals surface area (Å²) in [6.07, 6.45) is 5.54. The molecule has 0 aromatic carbocycles. The SMILES string of the molecule is [CH]1CNC2CCCCC2N1. The summed E-state index contributed by atoms with van der Waals surface area (Å²) in [6, 6.07) is 1.50. The Labute approximate surface area is 62.4 Å². The van der Waals surface area contributed by atoms with Crippen molar-refractivity contribution in [2.75, 3.05) is 6.54 Å². The Kier molecular flexibility index (Phi) is 1.91. The van der Waals surface area contributed by atoms with Crippen LogP contribution in [0.1, 0.15) is 25.7 Å². The van der Waals surface area contributed by atoms with Gasteiger partial charge in [0.05, 0.1) is 0 Å². The van der Waals surface area contributed by atoms with E-state index in [4.69, 9.17) is 0 Å². The first-order chi connectivity index (χ1) is 4.97. The number of hydrogen-bond donors (Lipinski definition) is 2. The van der Waals surface area contributed by atoms with Crippen molar-refractivity contribution >= 4 is 0 Å². The van der Waals surface area contributed by atoms with Gasteiger partial charge in [-0.25, -0.2) is 0 Å². The van der Waals surface area contributed by atoms with Crippen LogP contribution in [0.5, 0.6) is 0 Å². The van der Waals surface area contributed by atoms with Crippen LogP contribution >= 0.6 is 0 Å². The molecule has 0 aromatic rings. The van der Waals surface area contributed by atoms with Crippen LogP contribution in [0.15, 0.2) is 0 Å². The molecule has 1 heterocycles. The van der Waals surface area contributed by atoms with Gasteiger partial charge in [-0.2, -0.15) is 0 Å². The molecule has 2 nitrogen and oxygen atoms in total. The highest BCUT2D eigenvalue weighted by Crippen LogP contribution is 2.20. The third-order valence-corrected chi connectivity index (χ3v) is 2.58. The van der Waals surface area contributed by atoms with E-state index in [0.717, 1.165) is 18.6 Å². The molecule has 1 radical (unpaired) electrons. The van der Waals surface area contributed by atoms with E-state index in [2.05, 4.69) is 17.2 Å². The fourth-order valence-corrected chi connectivity index (χ4v) is 2.00. The van der Waals surface area contributed by atoms with E-state index in [-0.39, 0.29) is 0 Å². The molecule has 2 aliphatic rings. The Morgan fingerprint density at radius 2 is 1.90 bits per heavy atom. The summed E-state index contributed by atoms with van der Waals surface area (Å²) in [5, 5.41) is 6.94. The van der Waals surface area contributed by atoms with Crippen molar-refractivity contribution in [2.24, 2.45) is 0 Å². The Morgan fingerprint density at radius 3 is 2.70 bits per heavy atom. The molecule has 2 fully saturated rings. The molecule has 0 spiro atoms. The normalized spacial score (nSPS) is 40.8. The molecule has 2 atom stereocenters. The minimum Gasteiger partial charge on any atom is -0.311 e. The molecule has 2 rings (SSSR count). The number of piperazine rings is 1. The fraction of sp³-hybridized carbons (Fsp3) is 0.875. The van der Waals surface area contributed by atoms with Gasteiger partial charge in [-0.3, -0.25) is 0 Å². The molecule has 1 aliphatic heterocycles. The molecule has 0 aromatic heterocycles. The third kappa shape index (κ3) is 1.18. The van der Waals surface area contributed by atoms with Gasteiger partial charge in [0.2, 0.25) is 0 Å². The molecule has 0 bridgehead atoms. The van der Waals surface area contributed by atoms with Gasteiger partial charge in [0.15, 0.2) is 0 Å². The van der Waals surface area contributed by atoms with Gasteiger partial charge in [-0.15, -0.1) is 0 Å². The molecule has 57 valence electrons. The standard InChI is InChI=1S/C8H15N2/c1-2-4-8-7(3-1)9-5-6-10-8/h5,7-10H,1-4,6H2. The topological polar surface area (TPSA) is 24.1 Å². The third-order valence-electron chi connectivity index (χ3n) is 2.58. The zero-order valence-corrected chi connectivity index (χ0v) is 6.27. The fourth-order valence-electron chi connectivity index (χ4n) is 2.00. The van der Waals surface area contributed by atoms with Crippen molar-refractivity contribution in [3.63, 3.8) is 0 Å². The summed E-state index contributed by atoms with van der Waals surface area (Å²) in [4.78, 5) is 0. The number of hydrogen-bond acceptors (Lipinski definition) is 2. The number of nitrogens with one attached hydrogen (secondary N) is 2. The van der Waals surface area contributed by atoms with Gasteiger partial charge < -0.3 is 10.6 Å². The van der Waals surface area contributed by atoms with Crippen LogP contribution in [0.4, 0.5) is 0 Å². The first-order valence-electron chi connectivity index (χ1n) is 4.28. The second kappa shape index (κ2) is 2.89.